The van der Waals surface area contributed by atoms with E-state index >= 15 is 0 Å². The second-order valence-corrected chi connectivity index (χ2v) is 8.44. The zero-order chi connectivity index (χ0) is 23.0. The lowest BCUT2D eigenvalue weighted by Gasteiger charge is -2.35. The van der Waals surface area contributed by atoms with Crippen LogP contribution in [0.1, 0.15) is 12.5 Å². The third kappa shape index (κ3) is 7.17. The number of hydrogen-bond donors (Lipinski definition) is 2. The average molecular weight is 440 g/mol. The lowest BCUT2D eigenvalue weighted by atomic mass is 10.1. The molecule has 1 atom stereocenters. The molecule has 3 rings (SSSR count). The number of nitriles is 1. The Hall–Kier alpha value is -3.28. The van der Waals surface area contributed by atoms with Gasteiger partial charge in [0.1, 0.15) is 0 Å². The molecule has 162 valence electrons. The average Bonchev–Trinajstić information content (AvgIpc) is 2.71. The molecule has 7 nitrogen and oxygen atoms in total. The Labute approximate surface area is 186 Å². The lowest BCUT2D eigenvalue weighted by molar-refractivity contribution is -0.134. The molecule has 31 heavy (non-hydrogen) atoms. The van der Waals surface area contributed by atoms with Crippen LogP contribution in [0.25, 0.3) is 0 Å². The second kappa shape index (κ2) is 11.2. The molecule has 0 aliphatic carbocycles. The number of aliphatic carboxylic acids is 2. The van der Waals surface area contributed by atoms with E-state index in [1.165, 1.54) is 15.5 Å². The van der Waals surface area contributed by atoms with Crippen molar-refractivity contribution in [3.63, 3.8) is 0 Å². The number of carboxylic acids is 2. The number of carbonyl (C=O) groups is 2. The fraction of sp³-hybridized carbons (Fsp3) is 0.261. The fourth-order valence-corrected chi connectivity index (χ4v) is 4.31. The van der Waals surface area contributed by atoms with E-state index < -0.39 is 11.9 Å². The molecule has 0 saturated carbocycles. The Morgan fingerprint density at radius 3 is 2.29 bits per heavy atom. The van der Waals surface area contributed by atoms with Gasteiger partial charge in [-0.1, -0.05) is 30.8 Å². The first-order valence-corrected chi connectivity index (χ1v) is 10.4. The minimum absolute atomic E-state index is 0.528. The van der Waals surface area contributed by atoms with Crippen LogP contribution in [-0.4, -0.2) is 54.2 Å². The van der Waals surface area contributed by atoms with Gasteiger partial charge in [-0.15, -0.1) is 0 Å². The van der Waals surface area contributed by atoms with Gasteiger partial charge in [-0.3, -0.25) is 0 Å². The van der Waals surface area contributed by atoms with Crippen LogP contribution in [-0.2, 0) is 9.59 Å². The topological polar surface area (TPSA) is 105 Å². The summed E-state index contributed by atoms with van der Waals surface area (Å²) < 4.78 is 0. The van der Waals surface area contributed by atoms with Gasteiger partial charge in [-0.05, 0) is 50.3 Å². The van der Waals surface area contributed by atoms with Gasteiger partial charge >= 0.3 is 11.9 Å². The minimum Gasteiger partial charge on any atom is -0.478 e. The van der Waals surface area contributed by atoms with Crippen LogP contribution >= 0.6 is 11.8 Å². The van der Waals surface area contributed by atoms with E-state index in [-0.39, 0.29) is 0 Å². The van der Waals surface area contributed by atoms with Gasteiger partial charge in [0.15, 0.2) is 0 Å². The Balaban J connectivity index is 0.000000366. The number of para-hydroxylation sites is 1. The van der Waals surface area contributed by atoms with Crippen molar-refractivity contribution in [2.24, 2.45) is 5.92 Å². The minimum atomic E-state index is -1.26. The maximum Gasteiger partial charge on any atom is 0.328 e. The summed E-state index contributed by atoms with van der Waals surface area (Å²) in [6.45, 7) is 4.26. The zero-order valence-electron chi connectivity index (χ0n) is 17.6. The molecule has 8 heteroatoms. The second-order valence-electron chi connectivity index (χ2n) is 7.35. The molecule has 0 amide bonds. The summed E-state index contributed by atoms with van der Waals surface area (Å²) >= 11 is 1.78. The smallest absolute Gasteiger partial charge is 0.328 e. The number of fused-ring (bicyclic) bond motifs is 2. The van der Waals surface area contributed by atoms with Crippen LogP contribution in [0.3, 0.4) is 0 Å². The van der Waals surface area contributed by atoms with Crippen LogP contribution in [0.2, 0.25) is 0 Å². The number of anilines is 2. The van der Waals surface area contributed by atoms with Gasteiger partial charge in [-0.25, -0.2) is 9.59 Å². The number of hydrogen-bond acceptors (Lipinski definition) is 6. The molecule has 0 fully saturated rings. The van der Waals surface area contributed by atoms with Gasteiger partial charge in [-0.2, -0.15) is 5.26 Å². The maximum absolute atomic E-state index is 9.55. The highest BCUT2D eigenvalue weighted by atomic mass is 32.2. The first-order valence-electron chi connectivity index (χ1n) is 9.58. The van der Waals surface area contributed by atoms with Crippen LogP contribution in [0.5, 0.6) is 0 Å². The van der Waals surface area contributed by atoms with E-state index in [1.54, 1.807) is 11.8 Å². The summed E-state index contributed by atoms with van der Waals surface area (Å²) in [6.07, 6.45) is 1.12. The van der Waals surface area contributed by atoms with Crippen molar-refractivity contribution < 1.29 is 19.8 Å². The molecule has 0 radical (unpaired) electrons. The van der Waals surface area contributed by atoms with E-state index in [0.717, 1.165) is 18.8 Å². The molecule has 1 unspecified atom stereocenters. The highest BCUT2D eigenvalue weighted by Crippen LogP contribution is 2.48. The number of carboxylic acid groups (broad SMARTS) is 2. The van der Waals surface area contributed by atoms with Crippen LogP contribution in [0, 0.1) is 17.2 Å². The monoisotopic (exact) mass is 439 g/mol. The molecule has 0 saturated heterocycles. The van der Waals surface area contributed by atoms with Gasteiger partial charge < -0.3 is 20.0 Å². The highest BCUT2D eigenvalue weighted by molar-refractivity contribution is 7.99. The molecule has 2 N–H and O–H groups in total. The Kier molecular flexibility index (Phi) is 8.67. The van der Waals surface area contributed by atoms with Crippen LogP contribution in [0.15, 0.2) is 64.4 Å². The summed E-state index contributed by atoms with van der Waals surface area (Å²) in [5, 5.41) is 24.9. The van der Waals surface area contributed by atoms with E-state index in [2.05, 4.69) is 67.2 Å². The summed E-state index contributed by atoms with van der Waals surface area (Å²) in [5.41, 5.74) is 3.11. The van der Waals surface area contributed by atoms with Gasteiger partial charge in [0, 0.05) is 35.0 Å². The predicted octanol–water partition coefficient (Wildman–Crippen LogP) is 4.07. The van der Waals surface area contributed by atoms with Gasteiger partial charge in [0.2, 0.25) is 0 Å². The molecule has 2 aromatic carbocycles. The molecule has 1 aliphatic heterocycles. The first-order chi connectivity index (χ1) is 14.7. The Bertz CT molecular complexity index is 998. The standard InChI is InChI=1S/C19H21N3S.C4H4O4/c1-14(12-21(2)3)13-22-16-6-4-5-7-18(16)23-19-9-8-15(11-20)10-17(19)22;5-3(6)1-2-4(7)8/h4-10,14H,12-13H2,1-3H3;1-2H,(H,5,6)(H,7,8)/b;2-1-. The quantitative estimate of drug-likeness (QED) is 0.649. The number of nitrogens with zero attached hydrogens (tertiary/aromatic N) is 3. The fourth-order valence-electron chi connectivity index (χ4n) is 3.23. The Morgan fingerprint density at radius 2 is 1.71 bits per heavy atom. The molecule has 0 aromatic heterocycles. The maximum atomic E-state index is 9.55. The van der Waals surface area contributed by atoms with Crippen molar-refractivity contribution >= 4 is 35.1 Å². The largest absolute Gasteiger partial charge is 0.478 e. The zero-order valence-corrected chi connectivity index (χ0v) is 18.5. The first kappa shape index (κ1) is 24.0. The number of rotatable bonds is 6. The van der Waals surface area contributed by atoms with E-state index in [9.17, 15) is 14.9 Å². The normalized spacial score (nSPS) is 12.9. The van der Waals surface area contributed by atoms with Crippen molar-refractivity contribution in [2.75, 3.05) is 32.1 Å². The van der Waals surface area contributed by atoms with Crippen molar-refractivity contribution in [3.8, 4) is 6.07 Å². The van der Waals surface area contributed by atoms with Crippen LogP contribution < -0.4 is 4.90 Å². The summed E-state index contributed by atoms with van der Waals surface area (Å²) in [7, 11) is 4.22. The highest BCUT2D eigenvalue weighted by Gasteiger charge is 2.24. The van der Waals surface area contributed by atoms with Gasteiger partial charge in [0.25, 0.3) is 0 Å². The third-order valence-electron chi connectivity index (χ3n) is 4.29. The molecule has 2 aromatic rings. The molecular weight excluding hydrogens is 414 g/mol. The van der Waals surface area contributed by atoms with Gasteiger partial charge in [0.05, 0.1) is 23.0 Å². The summed E-state index contributed by atoms with van der Waals surface area (Å²) in [5.74, 6) is -1.99. The van der Waals surface area contributed by atoms with E-state index in [1.807, 2.05) is 12.1 Å². The summed E-state index contributed by atoms with van der Waals surface area (Å²) in [6, 6.07) is 16.8. The molecule has 0 bridgehead atoms. The number of benzene rings is 2. The molecule has 1 heterocycles. The van der Waals surface area contributed by atoms with Crippen molar-refractivity contribution in [1.29, 1.82) is 5.26 Å². The van der Waals surface area contributed by atoms with E-state index in [0.29, 0.717) is 23.6 Å². The van der Waals surface area contributed by atoms with Crippen molar-refractivity contribution in [3.05, 3.63) is 60.2 Å². The predicted molar refractivity (Wildman–Crippen MR) is 121 cm³/mol. The SMILES string of the molecule is CC(CN(C)C)CN1c2ccccc2Sc2ccc(C#N)cc21.O=C(O)/C=C\C(=O)O. The Morgan fingerprint density at radius 1 is 1.10 bits per heavy atom. The third-order valence-corrected chi connectivity index (χ3v) is 5.42. The lowest BCUT2D eigenvalue weighted by Crippen LogP contribution is -2.31. The molecule has 1 aliphatic rings. The van der Waals surface area contributed by atoms with E-state index in [4.69, 9.17) is 10.2 Å². The van der Waals surface area contributed by atoms with Crippen LogP contribution in [0.4, 0.5) is 11.4 Å². The summed E-state index contributed by atoms with van der Waals surface area (Å²) in [4.78, 5) is 26.2. The molecular formula is C23H25N3O4S. The van der Waals surface area contributed by atoms with Crippen molar-refractivity contribution in [1.82, 2.24) is 4.90 Å². The van der Waals surface area contributed by atoms with Crippen molar-refractivity contribution in [2.45, 2.75) is 16.7 Å². The molecule has 0 spiro atoms.